The first-order valence-corrected chi connectivity index (χ1v) is 19.3. The second-order valence-electron chi connectivity index (χ2n) is 13.4. The van der Waals surface area contributed by atoms with Crippen molar-refractivity contribution in [2.75, 3.05) is 13.2 Å². The van der Waals surface area contributed by atoms with Gasteiger partial charge in [0, 0.05) is 25.7 Å². The van der Waals surface area contributed by atoms with E-state index >= 15 is 0 Å². The van der Waals surface area contributed by atoms with Crippen LogP contribution in [0.5, 0.6) is 0 Å². The summed E-state index contributed by atoms with van der Waals surface area (Å²) in [6.07, 6.45) is -5.78. The SMILES string of the molecule is CCCCCCCC(=O)O[C@@H]1[C@H](OC(O)[C@@H](O)[C@H](O)[C@H](O)CO)O[C@H](COC(=O)CCCCC)[C@@H](OC(=O)CCCCC)[C@@H]1OC(=O)CCCCC. The molecule has 0 spiro atoms. The van der Waals surface area contributed by atoms with E-state index in [1.54, 1.807) is 0 Å². The normalized spacial score (nSPS) is 22.5. The molecule has 0 amide bonds. The van der Waals surface area contributed by atoms with E-state index in [1.165, 1.54) is 0 Å². The van der Waals surface area contributed by atoms with Gasteiger partial charge in [-0.1, -0.05) is 91.9 Å². The number of carbonyl (C=O) groups is 4. The molecule has 0 bridgehead atoms. The summed E-state index contributed by atoms with van der Waals surface area (Å²) in [6, 6.07) is 0. The first kappa shape index (κ1) is 47.6. The highest BCUT2D eigenvalue weighted by atomic mass is 16.8. The van der Waals surface area contributed by atoms with Gasteiger partial charge in [0.1, 0.15) is 31.0 Å². The van der Waals surface area contributed by atoms with Crippen LogP contribution in [-0.2, 0) is 47.6 Å². The lowest BCUT2D eigenvalue weighted by Crippen LogP contribution is -2.64. The topological polar surface area (TPSA) is 225 Å². The molecule has 304 valence electrons. The van der Waals surface area contributed by atoms with E-state index in [2.05, 4.69) is 6.92 Å². The number of hydrogen-bond acceptors (Lipinski definition) is 15. The fourth-order valence-electron chi connectivity index (χ4n) is 5.56. The summed E-state index contributed by atoms with van der Waals surface area (Å²) in [5, 5.41) is 50.7. The average Bonchev–Trinajstić information content (AvgIpc) is 3.12. The third-order valence-corrected chi connectivity index (χ3v) is 8.74. The maximum absolute atomic E-state index is 13.2. The van der Waals surface area contributed by atoms with Gasteiger partial charge >= 0.3 is 23.9 Å². The van der Waals surface area contributed by atoms with E-state index in [0.29, 0.717) is 25.7 Å². The number of carbonyl (C=O) groups excluding carboxylic acids is 4. The number of hydrogen-bond donors (Lipinski definition) is 5. The third-order valence-electron chi connectivity index (χ3n) is 8.74. The Morgan fingerprint density at radius 2 is 0.981 bits per heavy atom. The number of aliphatic hydroxyl groups excluding tert-OH is 5. The van der Waals surface area contributed by atoms with E-state index in [0.717, 1.165) is 64.2 Å². The fraction of sp³-hybridized carbons (Fsp3) is 0.892. The van der Waals surface area contributed by atoms with Gasteiger partial charge in [0.15, 0.2) is 24.6 Å². The number of unbranched alkanes of at least 4 members (excludes halogenated alkanes) is 10. The van der Waals surface area contributed by atoms with E-state index in [-0.39, 0.29) is 25.7 Å². The summed E-state index contributed by atoms with van der Waals surface area (Å²) in [7, 11) is 0. The van der Waals surface area contributed by atoms with Crippen molar-refractivity contribution in [1.82, 2.24) is 0 Å². The molecule has 1 aliphatic heterocycles. The molecule has 1 heterocycles. The fourth-order valence-corrected chi connectivity index (χ4v) is 5.56. The van der Waals surface area contributed by atoms with Crippen molar-refractivity contribution < 1.29 is 73.1 Å². The number of esters is 4. The zero-order valence-corrected chi connectivity index (χ0v) is 31.7. The highest BCUT2D eigenvalue weighted by Gasteiger charge is 2.54. The molecule has 1 unspecified atom stereocenters. The summed E-state index contributed by atoms with van der Waals surface area (Å²) in [5.41, 5.74) is 0. The van der Waals surface area contributed by atoms with Gasteiger partial charge in [0.25, 0.3) is 0 Å². The lowest BCUT2D eigenvalue weighted by atomic mass is 9.97. The molecule has 0 aliphatic carbocycles. The molecule has 5 N–H and O–H groups in total. The van der Waals surface area contributed by atoms with Crippen molar-refractivity contribution in [1.29, 1.82) is 0 Å². The van der Waals surface area contributed by atoms with Gasteiger partial charge < -0.3 is 54.0 Å². The predicted octanol–water partition coefficient (Wildman–Crippen LogP) is 3.50. The number of rotatable bonds is 29. The molecule has 9 atom stereocenters. The Kier molecular flexibility index (Phi) is 25.7. The molecule has 1 aliphatic rings. The van der Waals surface area contributed by atoms with Crippen LogP contribution in [0.2, 0.25) is 0 Å². The average molecular weight is 751 g/mol. The number of ether oxygens (including phenoxy) is 6. The Hall–Kier alpha value is -2.40. The Labute approximate surface area is 308 Å². The standard InChI is InChI=1S/C37H66O15/c1-5-9-13-14-18-22-30(43)51-35-34(50-29(42)21-17-12-8-4)33(49-28(41)20-16-11-7-3)26(24-47-27(40)19-15-10-6-2)48-37(35)52-36(46)32(45)31(44)25(39)23-38/h25-26,31-39,44-46H,5-24H2,1-4H3/t25-,26-,31-,32+,33-,34+,35+,36?,37+/m1/s1. The summed E-state index contributed by atoms with van der Waals surface area (Å²) in [4.78, 5) is 52.3. The molecular formula is C37H66O15. The first-order chi connectivity index (χ1) is 24.9. The molecule has 1 rings (SSSR count). The number of aliphatic hydroxyl groups is 5. The molecule has 1 fully saturated rings. The van der Waals surface area contributed by atoms with Gasteiger partial charge in [0.05, 0.1) is 6.61 Å². The predicted molar refractivity (Wildman–Crippen MR) is 187 cm³/mol. The molecule has 1 saturated heterocycles. The van der Waals surface area contributed by atoms with Gasteiger partial charge in [-0.05, 0) is 25.7 Å². The zero-order valence-electron chi connectivity index (χ0n) is 31.7. The molecule has 0 aromatic heterocycles. The van der Waals surface area contributed by atoms with Crippen molar-refractivity contribution in [2.45, 2.75) is 199 Å². The lowest BCUT2D eigenvalue weighted by molar-refractivity contribution is -0.349. The minimum Gasteiger partial charge on any atom is -0.463 e. The van der Waals surface area contributed by atoms with Crippen molar-refractivity contribution in [3.05, 3.63) is 0 Å². The van der Waals surface area contributed by atoms with Crippen LogP contribution in [0.15, 0.2) is 0 Å². The summed E-state index contributed by atoms with van der Waals surface area (Å²) < 4.78 is 34.7. The maximum atomic E-state index is 13.2. The maximum Gasteiger partial charge on any atom is 0.306 e. The second-order valence-corrected chi connectivity index (χ2v) is 13.4. The highest BCUT2D eigenvalue weighted by Crippen LogP contribution is 2.32. The summed E-state index contributed by atoms with van der Waals surface area (Å²) in [5.74, 6) is -2.66. The first-order valence-electron chi connectivity index (χ1n) is 19.3. The quantitative estimate of drug-likeness (QED) is 0.0319. The van der Waals surface area contributed by atoms with Crippen molar-refractivity contribution in [3.8, 4) is 0 Å². The Morgan fingerprint density at radius 3 is 1.48 bits per heavy atom. The minimum atomic E-state index is -2.30. The summed E-state index contributed by atoms with van der Waals surface area (Å²) >= 11 is 0. The Balaban J connectivity index is 3.60. The Morgan fingerprint density at radius 1 is 0.558 bits per heavy atom. The van der Waals surface area contributed by atoms with Crippen LogP contribution in [0.25, 0.3) is 0 Å². The van der Waals surface area contributed by atoms with Crippen LogP contribution in [0.3, 0.4) is 0 Å². The monoisotopic (exact) mass is 750 g/mol. The van der Waals surface area contributed by atoms with Crippen LogP contribution in [0, 0.1) is 0 Å². The molecule has 0 radical (unpaired) electrons. The van der Waals surface area contributed by atoms with Gasteiger partial charge in [-0.2, -0.15) is 0 Å². The van der Waals surface area contributed by atoms with Gasteiger partial charge in [-0.25, -0.2) is 0 Å². The molecule has 15 heteroatoms. The largest absolute Gasteiger partial charge is 0.463 e. The summed E-state index contributed by atoms with van der Waals surface area (Å²) in [6.45, 7) is 6.51. The van der Waals surface area contributed by atoms with Gasteiger partial charge in [-0.3, -0.25) is 19.2 Å². The smallest absolute Gasteiger partial charge is 0.306 e. The van der Waals surface area contributed by atoms with Crippen molar-refractivity contribution in [3.63, 3.8) is 0 Å². The van der Waals surface area contributed by atoms with E-state index in [9.17, 15) is 44.7 Å². The molecule has 0 saturated carbocycles. The molecular weight excluding hydrogens is 684 g/mol. The van der Waals surface area contributed by atoms with Crippen molar-refractivity contribution >= 4 is 23.9 Å². The van der Waals surface area contributed by atoms with Crippen LogP contribution >= 0.6 is 0 Å². The van der Waals surface area contributed by atoms with Crippen LogP contribution < -0.4 is 0 Å². The molecule has 52 heavy (non-hydrogen) atoms. The van der Waals surface area contributed by atoms with Gasteiger partial charge in [0.2, 0.25) is 6.29 Å². The lowest BCUT2D eigenvalue weighted by Gasteiger charge is -2.45. The third kappa shape index (κ3) is 18.6. The van der Waals surface area contributed by atoms with E-state index in [4.69, 9.17) is 28.4 Å². The van der Waals surface area contributed by atoms with E-state index < -0.39 is 92.4 Å². The molecule has 0 aromatic carbocycles. The van der Waals surface area contributed by atoms with Crippen LogP contribution in [0.1, 0.15) is 143 Å². The van der Waals surface area contributed by atoms with Crippen LogP contribution in [0.4, 0.5) is 0 Å². The van der Waals surface area contributed by atoms with E-state index in [1.807, 2.05) is 20.8 Å². The van der Waals surface area contributed by atoms with Gasteiger partial charge in [-0.15, -0.1) is 0 Å². The molecule has 15 nitrogen and oxygen atoms in total. The Bertz CT molecular complexity index is 994. The zero-order chi connectivity index (χ0) is 38.9. The van der Waals surface area contributed by atoms with Crippen LogP contribution in [-0.4, -0.2) is 118 Å². The highest BCUT2D eigenvalue weighted by molar-refractivity contribution is 5.72. The van der Waals surface area contributed by atoms with Crippen molar-refractivity contribution in [2.24, 2.45) is 0 Å². The molecule has 0 aromatic rings. The second kappa shape index (κ2) is 28.1. The minimum absolute atomic E-state index is 0.0170.